The highest BCUT2D eigenvalue weighted by molar-refractivity contribution is 6.31. The summed E-state index contributed by atoms with van der Waals surface area (Å²) in [5.74, 6) is -0.0321. The molecule has 0 spiro atoms. The molecule has 1 aliphatic rings. The summed E-state index contributed by atoms with van der Waals surface area (Å²) < 4.78 is 1.77. The molecule has 1 aliphatic heterocycles. The van der Waals surface area contributed by atoms with Crippen LogP contribution in [0.1, 0.15) is 48.0 Å². The first-order valence-corrected chi connectivity index (χ1v) is 9.02. The lowest BCUT2D eigenvalue weighted by Crippen LogP contribution is -2.25. The van der Waals surface area contributed by atoms with Gasteiger partial charge in [0.1, 0.15) is 0 Å². The van der Waals surface area contributed by atoms with Gasteiger partial charge >= 0.3 is 0 Å². The van der Waals surface area contributed by atoms with Crippen molar-refractivity contribution in [2.45, 2.75) is 39.3 Å². The number of rotatable bonds is 1. The zero-order valence-electron chi connectivity index (χ0n) is 15.4. The fourth-order valence-electron chi connectivity index (χ4n) is 3.52. The van der Waals surface area contributed by atoms with Gasteiger partial charge in [0, 0.05) is 42.2 Å². The number of carbonyl (C=O) groups is 1. The van der Waals surface area contributed by atoms with E-state index in [0.717, 1.165) is 27.9 Å². The van der Waals surface area contributed by atoms with Crippen molar-refractivity contribution in [2.24, 2.45) is 7.05 Å². The Bertz CT molecular complexity index is 1030. The van der Waals surface area contributed by atoms with Gasteiger partial charge in [0.2, 0.25) is 0 Å². The number of hydrogen-bond donors (Lipinski definition) is 0. The molecule has 0 bridgehead atoms. The summed E-state index contributed by atoms with van der Waals surface area (Å²) >= 11 is 6.28. The Morgan fingerprint density at radius 2 is 2.00 bits per heavy atom. The average molecular weight is 369 g/mol. The first-order chi connectivity index (χ1) is 12.3. The molecule has 3 heterocycles. The van der Waals surface area contributed by atoms with Crippen LogP contribution in [0.5, 0.6) is 0 Å². The summed E-state index contributed by atoms with van der Waals surface area (Å²) in [5, 5.41) is 6.26. The van der Waals surface area contributed by atoms with E-state index < -0.39 is 0 Å². The largest absolute Gasteiger partial charge is 0.330 e. The van der Waals surface area contributed by atoms with Gasteiger partial charge in [0.05, 0.1) is 11.3 Å². The summed E-state index contributed by atoms with van der Waals surface area (Å²) in [7, 11) is 1.88. The van der Waals surface area contributed by atoms with Crippen LogP contribution in [0.4, 0.5) is 0 Å². The van der Waals surface area contributed by atoms with Crippen LogP contribution in [-0.4, -0.2) is 25.6 Å². The van der Waals surface area contributed by atoms with Gasteiger partial charge in [-0.1, -0.05) is 44.5 Å². The lowest BCUT2D eigenvalue weighted by molar-refractivity contribution is 0.0751. The molecule has 0 fully saturated rings. The van der Waals surface area contributed by atoms with Crippen LogP contribution in [0.3, 0.4) is 0 Å². The molecule has 6 heteroatoms. The molecule has 5 nitrogen and oxygen atoms in total. The molecular weight excluding hydrogens is 348 g/mol. The van der Waals surface area contributed by atoms with E-state index in [1.54, 1.807) is 10.9 Å². The molecule has 0 saturated heterocycles. The molecule has 0 unspecified atom stereocenters. The number of amides is 1. The quantitative estimate of drug-likeness (QED) is 0.650. The predicted octanol–water partition coefficient (Wildman–Crippen LogP) is 4.08. The lowest BCUT2D eigenvalue weighted by Gasteiger charge is -2.17. The number of aryl methyl sites for hydroxylation is 1. The monoisotopic (exact) mass is 368 g/mol. The van der Waals surface area contributed by atoms with Crippen molar-refractivity contribution in [1.29, 1.82) is 0 Å². The molecule has 0 atom stereocenters. The van der Waals surface area contributed by atoms with Crippen molar-refractivity contribution >= 4 is 28.5 Å². The molecule has 0 radical (unpaired) electrons. The molecule has 0 N–H and O–H groups in total. The van der Waals surface area contributed by atoms with E-state index in [2.05, 4.69) is 30.9 Å². The highest BCUT2D eigenvalue weighted by Crippen LogP contribution is 2.32. The minimum atomic E-state index is -0.125. The lowest BCUT2D eigenvalue weighted by atomic mass is 9.90. The van der Waals surface area contributed by atoms with Crippen LogP contribution in [-0.2, 0) is 25.6 Å². The number of pyridine rings is 1. The zero-order chi connectivity index (χ0) is 18.6. The van der Waals surface area contributed by atoms with E-state index in [1.165, 1.54) is 0 Å². The van der Waals surface area contributed by atoms with Gasteiger partial charge in [-0.2, -0.15) is 5.10 Å². The van der Waals surface area contributed by atoms with Gasteiger partial charge in [-0.05, 0) is 23.3 Å². The molecule has 1 aromatic carbocycles. The number of aromatic nitrogens is 3. The third kappa shape index (κ3) is 2.67. The fraction of sp³-hybridized carbons (Fsp3) is 0.350. The van der Waals surface area contributed by atoms with E-state index in [4.69, 9.17) is 11.6 Å². The van der Waals surface area contributed by atoms with Gasteiger partial charge in [0.15, 0.2) is 5.65 Å². The Labute approximate surface area is 157 Å². The van der Waals surface area contributed by atoms with Crippen LogP contribution in [0.2, 0.25) is 5.02 Å². The molecular formula is C20H21ClN4O. The molecule has 2 aromatic heterocycles. The van der Waals surface area contributed by atoms with Crippen LogP contribution in [0.25, 0.3) is 11.0 Å². The van der Waals surface area contributed by atoms with Crippen molar-refractivity contribution in [1.82, 2.24) is 19.7 Å². The molecule has 0 saturated carbocycles. The Morgan fingerprint density at radius 3 is 2.69 bits per heavy atom. The van der Waals surface area contributed by atoms with Crippen LogP contribution < -0.4 is 0 Å². The SMILES string of the molecule is Cn1nc(C(C)(C)C)c2cc(C(=O)N3Cc4cccc(Cl)c4C3)cnc21. The third-order valence-electron chi connectivity index (χ3n) is 4.85. The van der Waals surface area contributed by atoms with Gasteiger partial charge in [-0.15, -0.1) is 0 Å². The van der Waals surface area contributed by atoms with Crippen LogP contribution in [0.15, 0.2) is 30.5 Å². The van der Waals surface area contributed by atoms with E-state index in [9.17, 15) is 4.79 Å². The highest BCUT2D eigenvalue weighted by atomic mass is 35.5. The molecule has 3 aromatic rings. The first-order valence-electron chi connectivity index (χ1n) is 8.64. The van der Waals surface area contributed by atoms with Gasteiger partial charge < -0.3 is 4.90 Å². The fourth-order valence-corrected chi connectivity index (χ4v) is 3.77. The van der Waals surface area contributed by atoms with E-state index in [-0.39, 0.29) is 11.3 Å². The number of benzene rings is 1. The Morgan fingerprint density at radius 1 is 1.23 bits per heavy atom. The first kappa shape index (κ1) is 17.0. The normalized spacial score (nSPS) is 14.1. The Kier molecular flexibility index (Phi) is 3.81. The second-order valence-corrected chi connectivity index (χ2v) is 8.26. The highest BCUT2D eigenvalue weighted by Gasteiger charge is 2.28. The van der Waals surface area contributed by atoms with Gasteiger partial charge in [0.25, 0.3) is 5.91 Å². The summed E-state index contributed by atoms with van der Waals surface area (Å²) in [5.41, 5.74) is 4.34. The number of halogens is 1. The smallest absolute Gasteiger partial charge is 0.256 e. The summed E-state index contributed by atoms with van der Waals surface area (Å²) in [6, 6.07) is 7.73. The molecule has 4 rings (SSSR count). The number of carbonyl (C=O) groups excluding carboxylic acids is 1. The number of fused-ring (bicyclic) bond motifs is 2. The van der Waals surface area contributed by atoms with E-state index in [0.29, 0.717) is 23.7 Å². The maximum Gasteiger partial charge on any atom is 0.256 e. The maximum absolute atomic E-state index is 13.1. The van der Waals surface area contributed by atoms with Crippen molar-refractivity contribution in [3.63, 3.8) is 0 Å². The van der Waals surface area contributed by atoms with Crippen LogP contribution >= 0.6 is 11.6 Å². The zero-order valence-corrected chi connectivity index (χ0v) is 16.1. The summed E-state index contributed by atoms with van der Waals surface area (Å²) in [6.45, 7) is 7.45. The number of hydrogen-bond acceptors (Lipinski definition) is 3. The minimum Gasteiger partial charge on any atom is -0.330 e. The molecule has 26 heavy (non-hydrogen) atoms. The minimum absolute atomic E-state index is 0.0321. The van der Waals surface area contributed by atoms with E-state index >= 15 is 0 Å². The third-order valence-corrected chi connectivity index (χ3v) is 5.20. The van der Waals surface area contributed by atoms with Gasteiger partial charge in [-0.3, -0.25) is 9.48 Å². The Balaban J connectivity index is 1.72. The molecule has 134 valence electrons. The molecule has 0 aliphatic carbocycles. The van der Waals surface area contributed by atoms with Crippen molar-refractivity contribution in [3.8, 4) is 0 Å². The van der Waals surface area contributed by atoms with Crippen molar-refractivity contribution < 1.29 is 4.79 Å². The average Bonchev–Trinajstić information content (AvgIpc) is 3.16. The maximum atomic E-state index is 13.1. The summed E-state index contributed by atoms with van der Waals surface area (Å²) in [6.07, 6.45) is 1.64. The van der Waals surface area contributed by atoms with Crippen LogP contribution in [0, 0.1) is 0 Å². The number of nitrogens with zero attached hydrogens (tertiary/aromatic N) is 4. The van der Waals surface area contributed by atoms with Crippen molar-refractivity contribution in [3.05, 3.63) is 57.9 Å². The van der Waals surface area contributed by atoms with E-state index in [1.807, 2.05) is 36.2 Å². The predicted molar refractivity (Wildman–Crippen MR) is 102 cm³/mol. The second-order valence-electron chi connectivity index (χ2n) is 7.86. The molecule has 1 amide bonds. The Hall–Kier alpha value is -2.40. The second kappa shape index (κ2) is 5.81. The topological polar surface area (TPSA) is 51.0 Å². The standard InChI is InChI=1S/C20H21ClN4O/c1-20(2,3)17-14-8-13(9-22-18(14)24(4)23-17)19(26)25-10-12-6-5-7-16(21)15(12)11-25/h5-9H,10-11H2,1-4H3. The van der Waals surface area contributed by atoms with Crippen molar-refractivity contribution in [2.75, 3.05) is 0 Å². The van der Waals surface area contributed by atoms with Gasteiger partial charge in [-0.25, -0.2) is 4.98 Å². The summed E-state index contributed by atoms with van der Waals surface area (Å²) in [4.78, 5) is 19.4.